The van der Waals surface area contributed by atoms with Gasteiger partial charge in [0.2, 0.25) is 5.91 Å². The number of nitrogens with one attached hydrogen (secondary N) is 1. The molecule has 1 saturated carbocycles. The zero-order chi connectivity index (χ0) is 12.5. The molecular weight excluding hydrogens is 214 g/mol. The summed E-state index contributed by atoms with van der Waals surface area (Å²) >= 11 is 0. The molecule has 1 fully saturated rings. The molecule has 2 aliphatic carbocycles. The molecule has 3 atom stereocenters. The van der Waals surface area contributed by atoms with E-state index in [0.29, 0.717) is 31.2 Å². The Balaban J connectivity index is 1.84. The van der Waals surface area contributed by atoms with Crippen molar-refractivity contribution in [1.82, 2.24) is 5.32 Å². The van der Waals surface area contributed by atoms with Gasteiger partial charge in [-0.05, 0) is 37.5 Å². The zero-order valence-corrected chi connectivity index (χ0v) is 10.8. The second-order valence-electron chi connectivity index (χ2n) is 5.54. The summed E-state index contributed by atoms with van der Waals surface area (Å²) in [5, 5.41) is 13.1. The Morgan fingerprint density at radius 2 is 2.06 bits per heavy atom. The van der Waals surface area contributed by atoms with Crippen molar-refractivity contribution in [1.29, 1.82) is 0 Å². The van der Waals surface area contributed by atoms with E-state index in [1.807, 2.05) is 13.8 Å². The van der Waals surface area contributed by atoms with Crippen molar-refractivity contribution in [2.45, 2.75) is 45.1 Å². The van der Waals surface area contributed by atoms with E-state index in [1.54, 1.807) is 0 Å². The van der Waals surface area contributed by atoms with Crippen molar-refractivity contribution in [3.63, 3.8) is 0 Å². The third-order valence-corrected chi connectivity index (χ3v) is 4.52. The Bertz CT molecular complexity index is 320. The Hall–Kier alpha value is -0.830. The lowest BCUT2D eigenvalue weighted by molar-refractivity contribution is -0.127. The summed E-state index contributed by atoms with van der Waals surface area (Å²) in [5.74, 6) is 1.33. The summed E-state index contributed by atoms with van der Waals surface area (Å²) in [4.78, 5) is 12.1. The molecule has 3 unspecified atom stereocenters. The topological polar surface area (TPSA) is 49.3 Å². The van der Waals surface area contributed by atoms with Crippen LogP contribution in [0.1, 0.15) is 39.5 Å². The van der Waals surface area contributed by atoms with E-state index >= 15 is 0 Å². The number of carbonyl (C=O) groups excluding carboxylic acids is 1. The van der Waals surface area contributed by atoms with Crippen LogP contribution >= 0.6 is 0 Å². The van der Waals surface area contributed by atoms with Crippen molar-refractivity contribution >= 4 is 5.91 Å². The van der Waals surface area contributed by atoms with Crippen molar-refractivity contribution in [3.8, 4) is 0 Å². The molecule has 0 spiro atoms. The van der Waals surface area contributed by atoms with Gasteiger partial charge >= 0.3 is 0 Å². The molecule has 0 heterocycles. The first kappa shape index (κ1) is 12.6. The average molecular weight is 237 g/mol. The van der Waals surface area contributed by atoms with E-state index in [-0.39, 0.29) is 11.8 Å². The predicted octanol–water partition coefficient (Wildman–Crippen LogP) is 1.87. The number of amides is 1. The Morgan fingerprint density at radius 1 is 1.35 bits per heavy atom. The van der Waals surface area contributed by atoms with Gasteiger partial charge in [-0.2, -0.15) is 0 Å². The van der Waals surface area contributed by atoms with Gasteiger partial charge in [0.1, 0.15) is 0 Å². The number of carbonyl (C=O) groups is 1. The highest BCUT2D eigenvalue weighted by Gasteiger charge is 2.40. The summed E-state index contributed by atoms with van der Waals surface area (Å²) in [6.07, 6.45) is 7.92. The second-order valence-corrected chi connectivity index (χ2v) is 5.54. The SMILES string of the molecule is CCC(O)(CC)CNC(=O)C1CC2C=CC1C2. The minimum atomic E-state index is -0.733. The van der Waals surface area contributed by atoms with Gasteiger partial charge < -0.3 is 10.4 Å². The highest BCUT2D eigenvalue weighted by molar-refractivity contribution is 5.80. The molecule has 96 valence electrons. The minimum absolute atomic E-state index is 0.127. The maximum absolute atomic E-state index is 12.1. The monoisotopic (exact) mass is 237 g/mol. The predicted molar refractivity (Wildman–Crippen MR) is 67.4 cm³/mol. The van der Waals surface area contributed by atoms with E-state index in [2.05, 4.69) is 17.5 Å². The molecule has 17 heavy (non-hydrogen) atoms. The Kier molecular flexibility index (Phi) is 3.57. The molecule has 3 heteroatoms. The first-order valence-electron chi connectivity index (χ1n) is 6.76. The van der Waals surface area contributed by atoms with Crippen LogP contribution in [0.4, 0.5) is 0 Å². The van der Waals surface area contributed by atoms with Crippen LogP contribution in [0.2, 0.25) is 0 Å². The van der Waals surface area contributed by atoms with Crippen LogP contribution in [-0.4, -0.2) is 23.2 Å². The number of fused-ring (bicyclic) bond motifs is 2. The van der Waals surface area contributed by atoms with E-state index in [9.17, 15) is 9.90 Å². The molecule has 1 amide bonds. The Morgan fingerprint density at radius 3 is 2.53 bits per heavy atom. The van der Waals surface area contributed by atoms with Crippen LogP contribution < -0.4 is 5.32 Å². The fourth-order valence-corrected chi connectivity index (χ4v) is 2.96. The van der Waals surface area contributed by atoms with Crippen molar-refractivity contribution < 1.29 is 9.90 Å². The summed E-state index contributed by atoms with van der Waals surface area (Å²) in [7, 11) is 0. The summed E-state index contributed by atoms with van der Waals surface area (Å²) in [6.45, 7) is 4.29. The van der Waals surface area contributed by atoms with Crippen molar-refractivity contribution in [3.05, 3.63) is 12.2 Å². The smallest absolute Gasteiger partial charge is 0.223 e. The first-order chi connectivity index (χ1) is 8.08. The molecule has 0 aromatic carbocycles. The van der Waals surface area contributed by atoms with E-state index < -0.39 is 5.60 Å². The summed E-state index contributed by atoms with van der Waals surface area (Å²) in [5.41, 5.74) is -0.733. The summed E-state index contributed by atoms with van der Waals surface area (Å²) < 4.78 is 0. The number of aliphatic hydroxyl groups is 1. The van der Waals surface area contributed by atoms with Gasteiger partial charge in [0.05, 0.1) is 5.60 Å². The van der Waals surface area contributed by atoms with Crippen LogP contribution in [0.5, 0.6) is 0 Å². The van der Waals surface area contributed by atoms with Gasteiger partial charge in [-0.25, -0.2) is 0 Å². The van der Waals surface area contributed by atoms with Gasteiger partial charge in [-0.15, -0.1) is 0 Å². The maximum atomic E-state index is 12.1. The Labute approximate surface area is 103 Å². The molecule has 0 radical (unpaired) electrons. The van der Waals surface area contributed by atoms with Gasteiger partial charge in [0.15, 0.2) is 0 Å². The number of hydrogen-bond acceptors (Lipinski definition) is 2. The van der Waals surface area contributed by atoms with E-state index in [1.165, 1.54) is 0 Å². The molecule has 3 nitrogen and oxygen atoms in total. The highest BCUT2D eigenvalue weighted by atomic mass is 16.3. The largest absolute Gasteiger partial charge is 0.388 e. The van der Waals surface area contributed by atoms with Gasteiger partial charge in [0.25, 0.3) is 0 Å². The highest BCUT2D eigenvalue weighted by Crippen LogP contribution is 2.43. The quantitative estimate of drug-likeness (QED) is 0.717. The number of rotatable bonds is 5. The van der Waals surface area contributed by atoms with Crippen molar-refractivity contribution in [2.75, 3.05) is 6.54 Å². The van der Waals surface area contributed by atoms with Crippen LogP contribution in [0.15, 0.2) is 12.2 Å². The molecule has 0 aromatic heterocycles. The van der Waals surface area contributed by atoms with E-state index in [4.69, 9.17) is 0 Å². The molecule has 0 aromatic rings. The van der Waals surface area contributed by atoms with Crippen LogP contribution in [-0.2, 0) is 4.79 Å². The molecule has 2 aliphatic rings. The third kappa shape index (κ3) is 2.54. The lowest BCUT2D eigenvalue weighted by atomic mass is 9.92. The second kappa shape index (κ2) is 4.81. The first-order valence-corrected chi connectivity index (χ1v) is 6.76. The minimum Gasteiger partial charge on any atom is -0.388 e. The lowest BCUT2D eigenvalue weighted by Crippen LogP contribution is -2.44. The van der Waals surface area contributed by atoms with Crippen LogP contribution in [0.25, 0.3) is 0 Å². The molecule has 0 saturated heterocycles. The third-order valence-electron chi connectivity index (χ3n) is 4.52. The van der Waals surface area contributed by atoms with Crippen molar-refractivity contribution in [2.24, 2.45) is 17.8 Å². The fraction of sp³-hybridized carbons (Fsp3) is 0.786. The molecule has 2 bridgehead atoms. The average Bonchev–Trinajstić information content (AvgIpc) is 2.97. The summed E-state index contributed by atoms with van der Waals surface area (Å²) in [6, 6.07) is 0. The maximum Gasteiger partial charge on any atom is 0.223 e. The van der Waals surface area contributed by atoms with Crippen LogP contribution in [0.3, 0.4) is 0 Å². The van der Waals surface area contributed by atoms with Gasteiger partial charge in [0, 0.05) is 12.5 Å². The van der Waals surface area contributed by atoms with Gasteiger partial charge in [-0.3, -0.25) is 4.79 Å². The zero-order valence-electron chi connectivity index (χ0n) is 10.8. The number of allylic oxidation sites excluding steroid dienone is 2. The molecule has 0 aliphatic heterocycles. The van der Waals surface area contributed by atoms with Gasteiger partial charge in [-0.1, -0.05) is 26.0 Å². The molecule has 2 rings (SSSR count). The van der Waals surface area contributed by atoms with Crippen LogP contribution in [0, 0.1) is 17.8 Å². The normalized spacial score (nSPS) is 30.9. The fourth-order valence-electron chi connectivity index (χ4n) is 2.96. The molecule has 2 N–H and O–H groups in total. The molecular formula is C14H23NO2. The van der Waals surface area contributed by atoms with E-state index in [0.717, 1.165) is 12.8 Å². The lowest BCUT2D eigenvalue weighted by Gasteiger charge is -2.27. The standard InChI is InChI=1S/C14H23NO2/c1-3-14(17,4-2)9-15-13(16)12-8-10-5-6-11(12)7-10/h5-6,10-12,17H,3-4,7-9H2,1-2H3,(H,15,16). The number of hydrogen-bond donors (Lipinski definition) is 2.